The van der Waals surface area contributed by atoms with E-state index in [1.807, 2.05) is 13.8 Å². The van der Waals surface area contributed by atoms with Gasteiger partial charge in [-0.2, -0.15) is 4.31 Å². The maximum atomic E-state index is 12.8. The quantitative estimate of drug-likeness (QED) is 0.823. The maximum Gasteiger partial charge on any atom is 0.262 e. The van der Waals surface area contributed by atoms with Gasteiger partial charge in [0.2, 0.25) is 0 Å². The Hall–Kier alpha value is -1.11. The molecule has 0 aromatic carbocycles. The highest BCUT2D eigenvalue weighted by molar-refractivity contribution is 7.89. The lowest BCUT2D eigenvalue weighted by molar-refractivity contribution is 0.407. The van der Waals surface area contributed by atoms with Gasteiger partial charge < -0.3 is 0 Å². The molecule has 0 aliphatic carbocycles. The number of hydrogen-bond donors (Lipinski definition) is 0. The monoisotopic (exact) mass is 315 g/mol. The van der Waals surface area contributed by atoms with Crippen LogP contribution in [0.5, 0.6) is 0 Å². The summed E-state index contributed by atoms with van der Waals surface area (Å²) < 4.78 is 28.6. The van der Waals surface area contributed by atoms with E-state index in [4.69, 9.17) is 11.6 Å². The molecule has 2 aromatic rings. The van der Waals surface area contributed by atoms with E-state index in [0.717, 1.165) is 12.8 Å². The lowest BCUT2D eigenvalue weighted by atomic mass is 10.4. The molecule has 2 aromatic heterocycles. The molecule has 0 spiro atoms. The first-order valence-electron chi connectivity index (χ1n) is 6.65. The average molecular weight is 316 g/mol. The number of rotatable bonds is 6. The minimum absolute atomic E-state index is 0.0217. The van der Waals surface area contributed by atoms with Crippen LogP contribution in [0, 0.1) is 0 Å². The first-order valence-corrected chi connectivity index (χ1v) is 8.47. The van der Waals surface area contributed by atoms with Crippen molar-refractivity contribution in [1.29, 1.82) is 0 Å². The zero-order valence-corrected chi connectivity index (χ0v) is 13.2. The first-order chi connectivity index (χ1) is 9.52. The lowest BCUT2D eigenvalue weighted by Crippen LogP contribution is -2.33. The highest BCUT2D eigenvalue weighted by atomic mass is 35.5. The van der Waals surface area contributed by atoms with Gasteiger partial charge in [0.25, 0.3) is 10.0 Å². The zero-order valence-electron chi connectivity index (χ0n) is 11.6. The average Bonchev–Trinajstić information content (AvgIpc) is 2.74. The van der Waals surface area contributed by atoms with Crippen molar-refractivity contribution in [3.8, 4) is 0 Å². The zero-order chi connectivity index (χ0) is 14.8. The van der Waals surface area contributed by atoms with E-state index < -0.39 is 10.0 Å². The van der Waals surface area contributed by atoms with Crippen molar-refractivity contribution in [1.82, 2.24) is 13.7 Å². The molecular formula is C13H18ClN3O2S. The predicted molar refractivity (Wildman–Crippen MR) is 79.5 cm³/mol. The Labute approximate surface area is 124 Å². The molecule has 0 saturated carbocycles. The summed E-state index contributed by atoms with van der Waals surface area (Å²) in [6, 6.07) is 5.29. The number of nitrogens with zero attached hydrogens (tertiary/aromatic N) is 3. The summed E-state index contributed by atoms with van der Waals surface area (Å²) in [4.78, 5) is 4.10. The SMILES string of the molecule is CCCN(CCC)S(=O)(=O)c1c(Cl)nc2ccccn12. The van der Waals surface area contributed by atoms with Gasteiger partial charge in [-0.3, -0.25) is 4.40 Å². The van der Waals surface area contributed by atoms with Crippen LogP contribution in [0.4, 0.5) is 0 Å². The Morgan fingerprint density at radius 1 is 1.25 bits per heavy atom. The van der Waals surface area contributed by atoms with Crippen molar-refractivity contribution in [3.63, 3.8) is 0 Å². The molecule has 0 amide bonds. The van der Waals surface area contributed by atoms with E-state index in [0.29, 0.717) is 18.7 Å². The topological polar surface area (TPSA) is 54.7 Å². The second-order valence-electron chi connectivity index (χ2n) is 4.54. The van der Waals surface area contributed by atoms with Crippen molar-refractivity contribution in [2.75, 3.05) is 13.1 Å². The number of hydrogen-bond acceptors (Lipinski definition) is 3. The lowest BCUT2D eigenvalue weighted by Gasteiger charge is -2.20. The van der Waals surface area contributed by atoms with Crippen LogP contribution in [0.2, 0.25) is 5.15 Å². The molecule has 2 rings (SSSR count). The normalized spacial score (nSPS) is 12.4. The van der Waals surface area contributed by atoms with Crippen molar-refractivity contribution in [2.45, 2.75) is 31.7 Å². The summed E-state index contributed by atoms with van der Waals surface area (Å²) in [7, 11) is -3.64. The molecule has 0 N–H and O–H groups in total. The largest absolute Gasteiger partial charge is 0.288 e. The van der Waals surface area contributed by atoms with Crippen LogP contribution in [0.15, 0.2) is 29.4 Å². The Bertz CT molecular complexity index is 691. The Balaban J connectivity index is 2.58. The number of fused-ring (bicyclic) bond motifs is 1. The van der Waals surface area contributed by atoms with Crippen LogP contribution in [0.1, 0.15) is 26.7 Å². The molecule has 0 bridgehead atoms. The molecule has 0 atom stereocenters. The minimum atomic E-state index is -3.64. The fraction of sp³-hybridized carbons (Fsp3) is 0.462. The van der Waals surface area contributed by atoms with Gasteiger partial charge in [-0.1, -0.05) is 31.5 Å². The minimum Gasteiger partial charge on any atom is -0.288 e. The smallest absolute Gasteiger partial charge is 0.262 e. The summed E-state index contributed by atoms with van der Waals surface area (Å²) in [6.45, 7) is 4.86. The van der Waals surface area contributed by atoms with Crippen molar-refractivity contribution >= 4 is 27.3 Å². The van der Waals surface area contributed by atoms with E-state index in [9.17, 15) is 8.42 Å². The standard InChI is InChI=1S/C13H18ClN3O2S/c1-3-8-16(9-4-2)20(18,19)13-12(14)15-11-7-5-6-10-17(11)13/h5-7,10H,3-4,8-9H2,1-2H3. The van der Waals surface area contributed by atoms with Gasteiger partial charge in [-0.05, 0) is 25.0 Å². The second-order valence-corrected chi connectivity index (χ2v) is 6.75. The van der Waals surface area contributed by atoms with Gasteiger partial charge in [0.05, 0.1) is 0 Å². The van der Waals surface area contributed by atoms with Crippen LogP contribution >= 0.6 is 11.6 Å². The van der Waals surface area contributed by atoms with Crippen LogP contribution in [-0.2, 0) is 10.0 Å². The second kappa shape index (κ2) is 6.11. The van der Waals surface area contributed by atoms with E-state index in [1.54, 1.807) is 24.4 Å². The van der Waals surface area contributed by atoms with E-state index in [1.165, 1.54) is 8.71 Å². The first kappa shape index (κ1) is 15.3. The molecule has 5 nitrogen and oxygen atoms in total. The third kappa shape index (κ3) is 2.68. The maximum absolute atomic E-state index is 12.8. The molecule has 0 fully saturated rings. The number of pyridine rings is 1. The van der Waals surface area contributed by atoms with Crippen LogP contribution in [-0.4, -0.2) is 35.2 Å². The highest BCUT2D eigenvalue weighted by Crippen LogP contribution is 2.25. The van der Waals surface area contributed by atoms with Gasteiger partial charge in [-0.15, -0.1) is 0 Å². The van der Waals surface area contributed by atoms with Crippen LogP contribution < -0.4 is 0 Å². The summed E-state index contributed by atoms with van der Waals surface area (Å²) >= 11 is 6.06. The van der Waals surface area contributed by atoms with E-state index in [-0.39, 0.29) is 10.2 Å². The molecule has 0 aliphatic heterocycles. The van der Waals surface area contributed by atoms with Crippen molar-refractivity contribution in [3.05, 3.63) is 29.5 Å². The summed E-state index contributed by atoms with van der Waals surface area (Å²) in [5.41, 5.74) is 0.532. The molecule has 0 saturated heterocycles. The van der Waals surface area contributed by atoms with Gasteiger partial charge >= 0.3 is 0 Å². The van der Waals surface area contributed by atoms with Gasteiger partial charge in [-0.25, -0.2) is 13.4 Å². The molecule has 0 aliphatic rings. The number of imidazole rings is 1. The summed E-state index contributed by atoms with van der Waals surface area (Å²) in [5, 5.41) is 0.0741. The third-order valence-electron chi connectivity index (χ3n) is 2.98. The fourth-order valence-corrected chi connectivity index (χ4v) is 4.37. The van der Waals surface area contributed by atoms with Gasteiger partial charge in [0, 0.05) is 19.3 Å². The highest BCUT2D eigenvalue weighted by Gasteiger charge is 2.29. The Kier molecular flexibility index (Phi) is 4.67. The number of sulfonamides is 1. The van der Waals surface area contributed by atoms with E-state index in [2.05, 4.69) is 4.98 Å². The van der Waals surface area contributed by atoms with Gasteiger partial charge in [0.15, 0.2) is 10.2 Å². The fourth-order valence-electron chi connectivity index (χ4n) is 2.15. The van der Waals surface area contributed by atoms with Crippen LogP contribution in [0.3, 0.4) is 0 Å². The molecule has 2 heterocycles. The molecule has 7 heteroatoms. The summed E-state index contributed by atoms with van der Waals surface area (Å²) in [6.07, 6.45) is 3.18. The van der Waals surface area contributed by atoms with Crippen molar-refractivity contribution < 1.29 is 8.42 Å². The Morgan fingerprint density at radius 3 is 2.50 bits per heavy atom. The van der Waals surface area contributed by atoms with Crippen molar-refractivity contribution in [2.24, 2.45) is 0 Å². The van der Waals surface area contributed by atoms with E-state index >= 15 is 0 Å². The Morgan fingerprint density at radius 2 is 1.90 bits per heavy atom. The molecule has 20 heavy (non-hydrogen) atoms. The summed E-state index contributed by atoms with van der Waals surface area (Å²) in [5.74, 6) is 0. The molecule has 110 valence electrons. The number of halogens is 1. The number of aromatic nitrogens is 2. The van der Waals surface area contributed by atoms with Gasteiger partial charge in [0.1, 0.15) is 5.65 Å². The molecular weight excluding hydrogens is 298 g/mol. The molecule has 0 unspecified atom stereocenters. The predicted octanol–water partition coefficient (Wildman–Crippen LogP) is 2.80. The molecule has 0 radical (unpaired) electrons. The third-order valence-corrected chi connectivity index (χ3v) is 5.28. The van der Waals surface area contributed by atoms with Crippen LogP contribution in [0.25, 0.3) is 5.65 Å².